The van der Waals surface area contributed by atoms with Crippen molar-refractivity contribution in [3.63, 3.8) is 0 Å². The van der Waals surface area contributed by atoms with E-state index in [1.54, 1.807) is 23.7 Å². The van der Waals surface area contributed by atoms with Crippen LogP contribution in [0.3, 0.4) is 0 Å². The van der Waals surface area contributed by atoms with Crippen LogP contribution >= 0.6 is 11.8 Å². The highest BCUT2D eigenvalue weighted by atomic mass is 32.2. The molecule has 0 saturated heterocycles. The van der Waals surface area contributed by atoms with Crippen molar-refractivity contribution in [1.29, 1.82) is 0 Å². The fourth-order valence-corrected chi connectivity index (χ4v) is 2.46. The zero-order valence-corrected chi connectivity index (χ0v) is 12.5. The molecule has 0 heterocycles. The van der Waals surface area contributed by atoms with E-state index in [2.05, 4.69) is 0 Å². The molecule has 0 aliphatic rings. The maximum Gasteiger partial charge on any atom is 0.418 e. The third kappa shape index (κ3) is 4.16. The summed E-state index contributed by atoms with van der Waals surface area (Å²) in [5, 5.41) is 0. The number of benzene rings is 1. The molecule has 0 amide bonds. The summed E-state index contributed by atoms with van der Waals surface area (Å²) in [5.41, 5.74) is -0.622. The monoisotopic (exact) mass is 305 g/mol. The first kappa shape index (κ1) is 16.9. The number of anilines is 1. The topological polar surface area (TPSA) is 20.3 Å². The van der Waals surface area contributed by atoms with Crippen LogP contribution in [0.1, 0.15) is 29.3 Å². The van der Waals surface area contributed by atoms with Gasteiger partial charge in [0.15, 0.2) is 0 Å². The van der Waals surface area contributed by atoms with Gasteiger partial charge in [-0.2, -0.15) is 24.9 Å². The fraction of sp³-hybridized carbons (Fsp3) is 0.500. The lowest BCUT2D eigenvalue weighted by Crippen LogP contribution is -2.31. The van der Waals surface area contributed by atoms with Gasteiger partial charge < -0.3 is 4.90 Å². The molecule has 2 nitrogen and oxygen atoms in total. The first-order valence-corrected chi connectivity index (χ1v) is 7.58. The van der Waals surface area contributed by atoms with E-state index in [0.717, 1.165) is 18.2 Å². The smallest absolute Gasteiger partial charge is 0.371 e. The second-order valence-corrected chi connectivity index (χ2v) is 5.62. The second kappa shape index (κ2) is 7.02. The maximum atomic E-state index is 13.1. The Morgan fingerprint density at radius 2 is 2.05 bits per heavy atom. The number of carbonyl (C=O) groups excluding carboxylic acids is 1. The van der Waals surface area contributed by atoms with Crippen molar-refractivity contribution >= 4 is 23.7 Å². The van der Waals surface area contributed by atoms with Crippen LogP contribution in [-0.4, -0.2) is 31.4 Å². The molecule has 20 heavy (non-hydrogen) atoms. The van der Waals surface area contributed by atoms with E-state index in [-0.39, 0.29) is 17.3 Å². The molecule has 1 atom stereocenters. The number of hydrogen-bond acceptors (Lipinski definition) is 3. The highest BCUT2D eigenvalue weighted by molar-refractivity contribution is 7.98. The Labute approximate surface area is 121 Å². The van der Waals surface area contributed by atoms with E-state index >= 15 is 0 Å². The molecule has 0 saturated carbocycles. The van der Waals surface area contributed by atoms with Gasteiger partial charge in [0.2, 0.25) is 0 Å². The SMILES string of the molecule is CSCCC(C)N(C)c1ccc(C=O)cc1C(F)(F)F. The number of nitrogens with zero attached hydrogens (tertiary/aromatic N) is 1. The van der Waals surface area contributed by atoms with Crippen LogP contribution in [0.2, 0.25) is 0 Å². The van der Waals surface area contributed by atoms with Gasteiger partial charge in [-0.15, -0.1) is 0 Å². The zero-order valence-electron chi connectivity index (χ0n) is 11.7. The molecule has 0 radical (unpaired) electrons. The van der Waals surface area contributed by atoms with Crippen LogP contribution in [0.5, 0.6) is 0 Å². The Kier molecular flexibility index (Phi) is 5.92. The number of thioether (sulfide) groups is 1. The largest absolute Gasteiger partial charge is 0.418 e. The average molecular weight is 305 g/mol. The molecule has 0 aliphatic carbocycles. The lowest BCUT2D eigenvalue weighted by molar-refractivity contribution is -0.137. The molecule has 1 unspecified atom stereocenters. The minimum atomic E-state index is -4.47. The Bertz CT molecular complexity index is 462. The van der Waals surface area contributed by atoms with Crippen molar-refractivity contribution in [2.75, 3.05) is 24.0 Å². The van der Waals surface area contributed by atoms with E-state index in [1.807, 2.05) is 13.2 Å². The molecule has 0 bridgehead atoms. The Balaban J connectivity index is 3.13. The van der Waals surface area contributed by atoms with Crippen LogP contribution in [0.4, 0.5) is 18.9 Å². The maximum absolute atomic E-state index is 13.1. The number of aldehydes is 1. The van der Waals surface area contributed by atoms with E-state index in [4.69, 9.17) is 0 Å². The van der Waals surface area contributed by atoms with Crippen molar-refractivity contribution < 1.29 is 18.0 Å². The lowest BCUT2D eigenvalue weighted by Gasteiger charge is -2.29. The molecule has 0 fully saturated rings. The van der Waals surface area contributed by atoms with Gasteiger partial charge in [-0.25, -0.2) is 0 Å². The molecule has 6 heteroatoms. The van der Waals surface area contributed by atoms with Gasteiger partial charge >= 0.3 is 6.18 Å². The van der Waals surface area contributed by atoms with Crippen molar-refractivity contribution in [3.8, 4) is 0 Å². The summed E-state index contributed by atoms with van der Waals surface area (Å²) < 4.78 is 39.3. The van der Waals surface area contributed by atoms with E-state index in [9.17, 15) is 18.0 Å². The van der Waals surface area contributed by atoms with Crippen molar-refractivity contribution in [2.24, 2.45) is 0 Å². The van der Waals surface area contributed by atoms with Gasteiger partial charge in [-0.3, -0.25) is 4.79 Å². The van der Waals surface area contributed by atoms with Gasteiger partial charge in [0, 0.05) is 24.3 Å². The molecule has 1 rings (SSSR count). The van der Waals surface area contributed by atoms with Crippen molar-refractivity contribution in [2.45, 2.75) is 25.6 Å². The average Bonchev–Trinajstić information content (AvgIpc) is 2.42. The normalized spacial score (nSPS) is 13.1. The third-order valence-electron chi connectivity index (χ3n) is 3.24. The summed E-state index contributed by atoms with van der Waals surface area (Å²) in [6.07, 6.45) is -1.28. The summed E-state index contributed by atoms with van der Waals surface area (Å²) in [7, 11) is 1.65. The van der Waals surface area contributed by atoms with Crippen LogP contribution in [-0.2, 0) is 6.18 Å². The zero-order chi connectivity index (χ0) is 15.3. The summed E-state index contributed by atoms with van der Waals surface area (Å²) in [6, 6.07) is 3.67. The molecular formula is C14H18F3NOS. The first-order valence-electron chi connectivity index (χ1n) is 6.19. The van der Waals surface area contributed by atoms with Gasteiger partial charge in [-0.05, 0) is 43.6 Å². The quantitative estimate of drug-likeness (QED) is 0.738. The minimum Gasteiger partial charge on any atom is -0.371 e. The Morgan fingerprint density at radius 3 is 2.55 bits per heavy atom. The van der Waals surface area contributed by atoms with Crippen molar-refractivity contribution in [3.05, 3.63) is 29.3 Å². The summed E-state index contributed by atoms with van der Waals surface area (Å²) in [6.45, 7) is 1.89. The molecule has 0 aliphatic heterocycles. The van der Waals surface area contributed by atoms with E-state index in [0.29, 0.717) is 6.29 Å². The second-order valence-electron chi connectivity index (χ2n) is 4.63. The van der Waals surface area contributed by atoms with Gasteiger partial charge in [0.25, 0.3) is 0 Å². The predicted molar refractivity (Wildman–Crippen MR) is 77.7 cm³/mol. The summed E-state index contributed by atoms with van der Waals surface area (Å²) in [4.78, 5) is 12.3. The molecule has 1 aromatic carbocycles. The molecular weight excluding hydrogens is 287 g/mol. The molecule has 1 aromatic rings. The number of rotatable bonds is 6. The number of carbonyl (C=O) groups is 1. The summed E-state index contributed by atoms with van der Waals surface area (Å²) >= 11 is 1.66. The molecule has 112 valence electrons. The van der Waals surface area contributed by atoms with Gasteiger partial charge in [0.05, 0.1) is 5.56 Å². The van der Waals surface area contributed by atoms with E-state index in [1.165, 1.54) is 12.1 Å². The van der Waals surface area contributed by atoms with Crippen LogP contribution in [0.25, 0.3) is 0 Å². The molecule has 0 spiro atoms. The van der Waals surface area contributed by atoms with Crippen LogP contribution in [0.15, 0.2) is 18.2 Å². The summed E-state index contributed by atoms with van der Waals surface area (Å²) in [5.74, 6) is 0.888. The van der Waals surface area contributed by atoms with Crippen LogP contribution in [0, 0.1) is 0 Å². The molecule has 0 N–H and O–H groups in total. The standard InChI is InChI=1S/C14H18F3NOS/c1-10(6-7-20-3)18(2)13-5-4-11(9-19)8-12(13)14(15,16)17/h4-5,8-10H,6-7H2,1-3H3. The first-order chi connectivity index (χ1) is 9.31. The van der Waals surface area contributed by atoms with Crippen molar-refractivity contribution in [1.82, 2.24) is 0 Å². The van der Waals surface area contributed by atoms with Gasteiger partial charge in [-0.1, -0.05) is 0 Å². The highest BCUT2D eigenvalue weighted by Gasteiger charge is 2.35. The number of hydrogen-bond donors (Lipinski definition) is 0. The van der Waals surface area contributed by atoms with E-state index < -0.39 is 11.7 Å². The Morgan fingerprint density at radius 1 is 1.40 bits per heavy atom. The lowest BCUT2D eigenvalue weighted by atomic mass is 10.1. The fourth-order valence-electron chi connectivity index (χ4n) is 1.88. The predicted octanol–water partition coefficient (Wildman–Crippen LogP) is 4.10. The highest BCUT2D eigenvalue weighted by Crippen LogP contribution is 2.37. The number of halogens is 3. The molecule has 0 aromatic heterocycles. The van der Waals surface area contributed by atoms with Gasteiger partial charge in [0.1, 0.15) is 6.29 Å². The third-order valence-corrected chi connectivity index (χ3v) is 3.89. The van der Waals surface area contributed by atoms with Crippen LogP contribution < -0.4 is 4.90 Å². The minimum absolute atomic E-state index is 0.00867. The Hall–Kier alpha value is -1.17. The number of alkyl halides is 3.